The number of guanidine groups is 1. The summed E-state index contributed by atoms with van der Waals surface area (Å²) in [6, 6.07) is 7.61. The van der Waals surface area contributed by atoms with Gasteiger partial charge in [-0.15, -0.1) is 0 Å². The first-order valence-electron chi connectivity index (χ1n) is 11.0. The molecule has 0 saturated carbocycles. The fourth-order valence-electron chi connectivity index (χ4n) is 2.98. The Hall–Kier alpha value is -1.79. The van der Waals surface area contributed by atoms with E-state index in [2.05, 4.69) is 34.6 Å². The molecular formula is C23H42N4O2. The molecule has 3 N–H and O–H groups in total. The van der Waals surface area contributed by atoms with E-state index in [0.29, 0.717) is 6.54 Å². The number of nitrogens with one attached hydrogen (secondary N) is 2. The van der Waals surface area contributed by atoms with Crippen LogP contribution in [0.25, 0.3) is 0 Å². The molecule has 0 bridgehead atoms. The molecule has 0 fully saturated rings. The van der Waals surface area contributed by atoms with Crippen LogP contribution in [0.3, 0.4) is 0 Å². The summed E-state index contributed by atoms with van der Waals surface area (Å²) in [5.41, 5.74) is 0.820. The van der Waals surface area contributed by atoms with Crippen molar-refractivity contribution in [3.05, 3.63) is 29.8 Å². The molecule has 166 valence electrons. The molecule has 1 unspecified atom stereocenters. The fourth-order valence-corrected chi connectivity index (χ4v) is 2.98. The molecule has 0 heterocycles. The van der Waals surface area contributed by atoms with Crippen LogP contribution in [0.4, 0.5) is 0 Å². The van der Waals surface area contributed by atoms with Crippen LogP contribution >= 0.6 is 0 Å². The lowest BCUT2D eigenvalue weighted by Gasteiger charge is -2.15. The number of hydrogen-bond acceptors (Lipinski definition) is 4. The Labute approximate surface area is 177 Å². The Morgan fingerprint density at radius 3 is 2.52 bits per heavy atom. The summed E-state index contributed by atoms with van der Waals surface area (Å²) in [5, 5.41) is 17.1. The lowest BCUT2D eigenvalue weighted by atomic mass is 10.1. The standard InChI is InChI=1S/C23H42N4O2/c1-6-24-23(25-15-10-8-7-9-11-16-27(4)5)26-18-22(28)20-13-12-14-21(17-20)29-19(2)3/h12-14,17,19,22,28H,6-11,15-16,18H2,1-5H3,(H2,24,25,26). The van der Waals surface area contributed by atoms with Crippen LogP contribution in [0.1, 0.15) is 64.5 Å². The van der Waals surface area contributed by atoms with Gasteiger partial charge in [0, 0.05) is 13.1 Å². The van der Waals surface area contributed by atoms with Crippen molar-refractivity contribution >= 4 is 5.96 Å². The molecule has 6 heteroatoms. The van der Waals surface area contributed by atoms with Crippen molar-refractivity contribution < 1.29 is 9.84 Å². The minimum Gasteiger partial charge on any atom is -0.491 e. The molecule has 1 rings (SSSR count). The van der Waals surface area contributed by atoms with Gasteiger partial charge in [-0.05, 0) is 71.9 Å². The third kappa shape index (κ3) is 12.4. The van der Waals surface area contributed by atoms with Crippen molar-refractivity contribution in [2.75, 3.05) is 40.3 Å². The number of benzene rings is 1. The van der Waals surface area contributed by atoms with E-state index < -0.39 is 6.10 Å². The van der Waals surface area contributed by atoms with E-state index in [0.717, 1.165) is 36.8 Å². The van der Waals surface area contributed by atoms with E-state index in [-0.39, 0.29) is 6.10 Å². The van der Waals surface area contributed by atoms with Gasteiger partial charge in [-0.1, -0.05) is 31.4 Å². The quantitative estimate of drug-likeness (QED) is 0.250. The predicted molar refractivity (Wildman–Crippen MR) is 123 cm³/mol. The summed E-state index contributed by atoms with van der Waals surface area (Å²) in [7, 11) is 4.25. The van der Waals surface area contributed by atoms with Crippen molar-refractivity contribution in [2.45, 2.75) is 65.1 Å². The number of aliphatic hydroxyl groups excluding tert-OH is 1. The van der Waals surface area contributed by atoms with E-state index in [1.165, 1.54) is 32.2 Å². The van der Waals surface area contributed by atoms with Gasteiger partial charge in [-0.2, -0.15) is 0 Å². The molecule has 0 radical (unpaired) electrons. The van der Waals surface area contributed by atoms with Crippen LogP contribution < -0.4 is 15.4 Å². The SMILES string of the molecule is CCNC(=NCC(O)c1cccc(OC(C)C)c1)NCCCCCCCN(C)C. The second-order valence-electron chi connectivity index (χ2n) is 7.97. The normalized spacial score (nSPS) is 13.0. The summed E-state index contributed by atoms with van der Waals surface area (Å²) in [4.78, 5) is 6.78. The highest BCUT2D eigenvalue weighted by molar-refractivity contribution is 5.79. The number of unbranched alkanes of at least 4 members (excludes halogenated alkanes) is 4. The lowest BCUT2D eigenvalue weighted by Crippen LogP contribution is -2.38. The van der Waals surface area contributed by atoms with Gasteiger partial charge in [0.05, 0.1) is 18.8 Å². The summed E-state index contributed by atoms with van der Waals surface area (Å²) in [6.45, 7) is 9.20. The Kier molecular flexibility index (Phi) is 13.1. The molecule has 0 spiro atoms. The van der Waals surface area contributed by atoms with Crippen molar-refractivity contribution in [1.82, 2.24) is 15.5 Å². The number of aliphatic hydroxyl groups is 1. The van der Waals surface area contributed by atoms with Gasteiger partial charge in [0.15, 0.2) is 5.96 Å². The fraction of sp³-hybridized carbons (Fsp3) is 0.696. The second kappa shape index (κ2) is 15.1. The Balaban J connectivity index is 2.39. The average molecular weight is 407 g/mol. The number of nitrogens with zero attached hydrogens (tertiary/aromatic N) is 2. The summed E-state index contributed by atoms with van der Waals surface area (Å²) < 4.78 is 5.71. The molecule has 0 amide bonds. The van der Waals surface area contributed by atoms with Crippen LogP contribution in [0.2, 0.25) is 0 Å². The van der Waals surface area contributed by atoms with Gasteiger partial charge >= 0.3 is 0 Å². The molecule has 29 heavy (non-hydrogen) atoms. The monoisotopic (exact) mass is 406 g/mol. The lowest BCUT2D eigenvalue weighted by molar-refractivity contribution is 0.185. The highest BCUT2D eigenvalue weighted by Gasteiger charge is 2.09. The van der Waals surface area contributed by atoms with Crippen LogP contribution in [-0.4, -0.2) is 62.3 Å². The maximum absolute atomic E-state index is 10.5. The van der Waals surface area contributed by atoms with E-state index >= 15 is 0 Å². The van der Waals surface area contributed by atoms with Gasteiger partial charge in [0.25, 0.3) is 0 Å². The predicted octanol–water partition coefficient (Wildman–Crippen LogP) is 3.57. The molecule has 0 aromatic heterocycles. The van der Waals surface area contributed by atoms with E-state index in [4.69, 9.17) is 4.74 Å². The third-order valence-corrected chi connectivity index (χ3v) is 4.46. The van der Waals surface area contributed by atoms with Gasteiger partial charge in [-0.3, -0.25) is 4.99 Å². The largest absolute Gasteiger partial charge is 0.491 e. The zero-order chi connectivity index (χ0) is 21.5. The van der Waals surface area contributed by atoms with Crippen molar-refractivity contribution in [3.63, 3.8) is 0 Å². The highest BCUT2D eigenvalue weighted by Crippen LogP contribution is 2.20. The molecule has 0 aliphatic rings. The molecular weight excluding hydrogens is 364 g/mol. The minimum atomic E-state index is -0.655. The third-order valence-electron chi connectivity index (χ3n) is 4.46. The summed E-state index contributed by atoms with van der Waals surface area (Å²) in [5.74, 6) is 1.53. The van der Waals surface area contributed by atoms with Gasteiger partial charge < -0.3 is 25.4 Å². The first-order chi connectivity index (χ1) is 13.9. The summed E-state index contributed by atoms with van der Waals surface area (Å²) in [6.07, 6.45) is 5.64. The van der Waals surface area contributed by atoms with E-state index in [1.54, 1.807) is 0 Å². The Bertz CT molecular complexity index is 576. The molecule has 6 nitrogen and oxygen atoms in total. The van der Waals surface area contributed by atoms with Crippen molar-refractivity contribution in [1.29, 1.82) is 0 Å². The molecule has 1 aromatic carbocycles. The maximum atomic E-state index is 10.5. The highest BCUT2D eigenvalue weighted by atomic mass is 16.5. The van der Waals surface area contributed by atoms with E-state index in [9.17, 15) is 5.11 Å². The first-order valence-corrected chi connectivity index (χ1v) is 11.0. The molecule has 1 aromatic rings. The van der Waals surface area contributed by atoms with Crippen LogP contribution in [0, 0.1) is 0 Å². The van der Waals surface area contributed by atoms with Gasteiger partial charge in [0.1, 0.15) is 5.75 Å². The Morgan fingerprint density at radius 2 is 1.83 bits per heavy atom. The number of ether oxygens (including phenoxy) is 1. The summed E-state index contributed by atoms with van der Waals surface area (Å²) >= 11 is 0. The molecule has 1 atom stereocenters. The van der Waals surface area contributed by atoms with Crippen molar-refractivity contribution in [2.24, 2.45) is 4.99 Å². The zero-order valence-electron chi connectivity index (χ0n) is 19.1. The van der Waals surface area contributed by atoms with Crippen molar-refractivity contribution in [3.8, 4) is 5.75 Å². The average Bonchev–Trinajstić information content (AvgIpc) is 2.67. The number of aliphatic imine (C=N–C) groups is 1. The van der Waals surface area contributed by atoms with Gasteiger partial charge in [0.2, 0.25) is 0 Å². The number of rotatable bonds is 14. The molecule has 0 saturated heterocycles. The molecule has 0 aliphatic heterocycles. The molecule has 0 aliphatic carbocycles. The Morgan fingerprint density at radius 1 is 1.10 bits per heavy atom. The zero-order valence-corrected chi connectivity index (χ0v) is 19.1. The topological polar surface area (TPSA) is 69.1 Å². The minimum absolute atomic E-state index is 0.109. The van der Waals surface area contributed by atoms with E-state index in [1.807, 2.05) is 45.0 Å². The van der Waals surface area contributed by atoms with Crippen LogP contribution in [0.15, 0.2) is 29.3 Å². The van der Waals surface area contributed by atoms with Gasteiger partial charge in [-0.25, -0.2) is 0 Å². The number of hydrogen-bond donors (Lipinski definition) is 3. The first kappa shape index (κ1) is 25.2. The maximum Gasteiger partial charge on any atom is 0.191 e. The van der Waals surface area contributed by atoms with Crippen LogP contribution in [-0.2, 0) is 0 Å². The smallest absolute Gasteiger partial charge is 0.191 e. The van der Waals surface area contributed by atoms with Crippen LogP contribution in [0.5, 0.6) is 5.75 Å². The second-order valence-corrected chi connectivity index (χ2v) is 7.97.